The smallest absolute Gasteiger partial charge is 0.413 e. The lowest BCUT2D eigenvalue weighted by atomic mass is 10.1. The largest absolute Gasteiger partial charge is 0.465 e. The number of amides is 1. The maximum Gasteiger partial charge on any atom is 0.413 e. The second-order valence-electron chi connectivity index (χ2n) is 5.85. The van der Waals surface area contributed by atoms with Crippen LogP contribution in [-0.2, 0) is 6.61 Å². The summed E-state index contributed by atoms with van der Waals surface area (Å²) in [7, 11) is 0. The van der Waals surface area contributed by atoms with Crippen LogP contribution in [0.25, 0.3) is 11.3 Å². The van der Waals surface area contributed by atoms with Crippen LogP contribution >= 0.6 is 11.3 Å². The lowest BCUT2D eigenvalue weighted by molar-refractivity contribution is 0.199. The average Bonchev–Trinajstić information content (AvgIpc) is 3.19. The number of carbonyl (C=O) groups excluding carboxylic acids is 1. The molecule has 0 aliphatic rings. The second kappa shape index (κ2) is 8.01. The van der Waals surface area contributed by atoms with Crippen LogP contribution in [0.1, 0.15) is 25.2 Å². The molecule has 0 bridgehead atoms. The van der Waals surface area contributed by atoms with Gasteiger partial charge in [-0.3, -0.25) is 0 Å². The van der Waals surface area contributed by atoms with Gasteiger partial charge in [0, 0.05) is 11.6 Å². The van der Waals surface area contributed by atoms with E-state index in [-0.39, 0.29) is 12.6 Å². The van der Waals surface area contributed by atoms with Crippen LogP contribution < -0.4 is 14.8 Å². The first-order valence-corrected chi connectivity index (χ1v) is 8.92. The highest BCUT2D eigenvalue weighted by Crippen LogP contribution is 2.30. The molecule has 0 atom stereocenters. The van der Waals surface area contributed by atoms with E-state index in [2.05, 4.69) is 15.5 Å². The standard InChI is InChI=1S/C18H19N3O4S/c1-11(2)20-17(22)24-15-9-19-18(26-15)23-10-14-12(3)25-21-16(14)13-7-5-4-6-8-13/h4-9,11H,10H2,1-3H3,(H,20,22). The van der Waals surface area contributed by atoms with E-state index in [1.807, 2.05) is 51.1 Å². The summed E-state index contributed by atoms with van der Waals surface area (Å²) < 4.78 is 16.2. The molecular weight excluding hydrogens is 354 g/mol. The van der Waals surface area contributed by atoms with E-state index in [1.54, 1.807) is 0 Å². The van der Waals surface area contributed by atoms with Crippen molar-refractivity contribution in [2.45, 2.75) is 33.4 Å². The highest BCUT2D eigenvalue weighted by atomic mass is 32.1. The molecule has 0 saturated heterocycles. The van der Waals surface area contributed by atoms with Crippen LogP contribution in [0, 0.1) is 6.92 Å². The molecule has 1 N–H and O–H groups in total. The van der Waals surface area contributed by atoms with Crippen molar-refractivity contribution < 1.29 is 18.8 Å². The lowest BCUT2D eigenvalue weighted by Gasteiger charge is -2.06. The van der Waals surface area contributed by atoms with E-state index in [0.717, 1.165) is 28.2 Å². The van der Waals surface area contributed by atoms with Crippen LogP contribution in [0.15, 0.2) is 41.1 Å². The number of ether oxygens (including phenoxy) is 2. The number of benzene rings is 1. The third-order valence-electron chi connectivity index (χ3n) is 3.43. The zero-order valence-corrected chi connectivity index (χ0v) is 15.5. The fourth-order valence-corrected chi connectivity index (χ4v) is 2.85. The minimum Gasteiger partial charge on any atom is -0.465 e. The molecule has 0 saturated carbocycles. The van der Waals surface area contributed by atoms with Gasteiger partial charge in [-0.1, -0.05) is 35.5 Å². The Morgan fingerprint density at radius 1 is 1.31 bits per heavy atom. The zero-order chi connectivity index (χ0) is 18.5. The van der Waals surface area contributed by atoms with Crippen LogP contribution in [0.2, 0.25) is 0 Å². The number of hydrogen-bond donors (Lipinski definition) is 1. The summed E-state index contributed by atoms with van der Waals surface area (Å²) in [4.78, 5) is 15.7. The molecule has 0 aliphatic heterocycles. The zero-order valence-electron chi connectivity index (χ0n) is 14.7. The molecule has 0 radical (unpaired) electrons. The molecule has 2 aromatic heterocycles. The maximum atomic E-state index is 11.6. The number of aryl methyl sites for hydroxylation is 1. The van der Waals surface area contributed by atoms with Crippen LogP contribution in [0.5, 0.6) is 10.3 Å². The molecule has 3 aromatic rings. The van der Waals surface area contributed by atoms with Gasteiger partial charge in [-0.25, -0.2) is 9.78 Å². The molecule has 7 nitrogen and oxygen atoms in total. The summed E-state index contributed by atoms with van der Waals surface area (Å²) in [5, 5.41) is 7.53. The molecule has 1 aromatic carbocycles. The third kappa shape index (κ3) is 4.40. The van der Waals surface area contributed by atoms with Gasteiger partial charge in [0.05, 0.1) is 11.8 Å². The maximum absolute atomic E-state index is 11.6. The van der Waals surface area contributed by atoms with Crippen LogP contribution in [0.4, 0.5) is 4.79 Å². The van der Waals surface area contributed by atoms with Crippen molar-refractivity contribution in [2.24, 2.45) is 0 Å². The Morgan fingerprint density at radius 2 is 2.08 bits per heavy atom. The minimum absolute atomic E-state index is 0.000819. The number of nitrogens with one attached hydrogen (secondary N) is 1. The number of hydrogen-bond acceptors (Lipinski definition) is 7. The SMILES string of the molecule is Cc1onc(-c2ccccc2)c1COc1ncc(OC(=O)NC(C)C)s1. The van der Waals surface area contributed by atoms with Gasteiger partial charge in [-0.2, -0.15) is 0 Å². The van der Waals surface area contributed by atoms with Crippen LogP contribution in [0.3, 0.4) is 0 Å². The highest BCUT2D eigenvalue weighted by molar-refractivity contribution is 7.15. The first-order chi connectivity index (χ1) is 12.5. The van der Waals surface area contributed by atoms with E-state index in [4.69, 9.17) is 14.0 Å². The van der Waals surface area contributed by atoms with Gasteiger partial charge in [0.2, 0.25) is 5.06 Å². The summed E-state index contributed by atoms with van der Waals surface area (Å²) in [6.07, 6.45) is 0.940. The first kappa shape index (κ1) is 17.9. The van der Waals surface area contributed by atoms with Crippen molar-refractivity contribution in [3.8, 4) is 21.5 Å². The van der Waals surface area contributed by atoms with Crippen molar-refractivity contribution in [2.75, 3.05) is 0 Å². The Hall–Kier alpha value is -2.87. The first-order valence-electron chi connectivity index (χ1n) is 8.10. The third-order valence-corrected chi connectivity index (χ3v) is 4.22. The van der Waals surface area contributed by atoms with Crippen molar-refractivity contribution >= 4 is 17.4 Å². The van der Waals surface area contributed by atoms with Gasteiger partial charge in [-0.05, 0) is 32.1 Å². The predicted octanol–water partition coefficient (Wildman–Crippen LogP) is 4.18. The van der Waals surface area contributed by atoms with Crippen molar-refractivity contribution in [1.29, 1.82) is 0 Å². The molecule has 136 valence electrons. The lowest BCUT2D eigenvalue weighted by Crippen LogP contribution is -2.32. The molecular formula is C18H19N3O4S. The number of thiazole rings is 1. The second-order valence-corrected chi connectivity index (χ2v) is 6.81. The van der Waals surface area contributed by atoms with Gasteiger partial charge in [0.15, 0.2) is 0 Å². The van der Waals surface area contributed by atoms with E-state index < -0.39 is 6.09 Å². The Bertz CT molecular complexity index is 874. The monoisotopic (exact) mass is 373 g/mol. The Kier molecular flexibility index (Phi) is 5.52. The molecule has 3 rings (SSSR count). The van der Waals surface area contributed by atoms with Crippen molar-refractivity contribution in [1.82, 2.24) is 15.5 Å². The quantitative estimate of drug-likeness (QED) is 0.697. The number of carbonyl (C=O) groups is 1. The van der Waals surface area contributed by atoms with E-state index in [1.165, 1.54) is 6.20 Å². The Labute approximate surface area is 154 Å². The van der Waals surface area contributed by atoms with Crippen molar-refractivity contribution in [3.05, 3.63) is 47.9 Å². The summed E-state index contributed by atoms with van der Waals surface area (Å²) in [6.45, 7) is 5.80. The van der Waals surface area contributed by atoms with Crippen LogP contribution in [-0.4, -0.2) is 22.3 Å². The fourth-order valence-electron chi connectivity index (χ4n) is 2.23. The topological polar surface area (TPSA) is 86.5 Å². The number of aromatic nitrogens is 2. The molecule has 2 heterocycles. The Morgan fingerprint density at radius 3 is 2.81 bits per heavy atom. The van der Waals surface area contributed by atoms with Gasteiger partial charge in [0.1, 0.15) is 18.1 Å². The summed E-state index contributed by atoms with van der Waals surface area (Å²) in [5.41, 5.74) is 2.55. The van der Waals surface area contributed by atoms with Gasteiger partial charge < -0.3 is 19.3 Å². The molecule has 1 amide bonds. The van der Waals surface area contributed by atoms with Gasteiger partial charge in [0.25, 0.3) is 5.19 Å². The predicted molar refractivity (Wildman–Crippen MR) is 97.4 cm³/mol. The fraction of sp³-hybridized carbons (Fsp3) is 0.278. The molecule has 0 aliphatic carbocycles. The molecule has 8 heteroatoms. The summed E-state index contributed by atoms with van der Waals surface area (Å²) in [5.74, 6) is 0.688. The van der Waals surface area contributed by atoms with E-state index >= 15 is 0 Å². The molecule has 0 spiro atoms. The van der Waals surface area contributed by atoms with Crippen molar-refractivity contribution in [3.63, 3.8) is 0 Å². The number of rotatable bonds is 6. The van der Waals surface area contributed by atoms with E-state index in [0.29, 0.717) is 16.0 Å². The summed E-state index contributed by atoms with van der Waals surface area (Å²) >= 11 is 1.15. The minimum atomic E-state index is -0.517. The molecule has 26 heavy (non-hydrogen) atoms. The highest BCUT2D eigenvalue weighted by Gasteiger charge is 2.16. The van der Waals surface area contributed by atoms with Gasteiger partial charge >= 0.3 is 6.09 Å². The molecule has 0 fully saturated rings. The molecule has 0 unspecified atom stereocenters. The Balaban J connectivity index is 1.65. The number of nitrogens with zero attached hydrogens (tertiary/aromatic N) is 2. The van der Waals surface area contributed by atoms with E-state index in [9.17, 15) is 4.79 Å². The average molecular weight is 373 g/mol. The van der Waals surface area contributed by atoms with Gasteiger partial charge in [-0.15, -0.1) is 0 Å². The summed E-state index contributed by atoms with van der Waals surface area (Å²) in [6, 6.07) is 9.75. The normalized spacial score (nSPS) is 10.8.